The summed E-state index contributed by atoms with van der Waals surface area (Å²) in [5, 5.41) is 14.6. The third kappa shape index (κ3) is 5.07. The van der Waals surface area contributed by atoms with E-state index >= 15 is 0 Å². The zero-order valence-corrected chi connectivity index (χ0v) is 12.6. The van der Waals surface area contributed by atoms with E-state index < -0.39 is 24.1 Å². The van der Waals surface area contributed by atoms with E-state index in [0.29, 0.717) is 24.3 Å². The van der Waals surface area contributed by atoms with Crippen LogP contribution in [0.5, 0.6) is 5.75 Å². The monoisotopic (exact) mass is 294 g/mol. The number of para-hydroxylation sites is 1. The first-order chi connectivity index (χ1) is 9.99. The molecular weight excluding hydrogens is 272 g/mol. The molecule has 0 radical (unpaired) electrons. The van der Waals surface area contributed by atoms with Crippen molar-refractivity contribution in [2.75, 3.05) is 6.54 Å². The maximum atomic E-state index is 11.8. The van der Waals surface area contributed by atoms with Crippen molar-refractivity contribution in [3.63, 3.8) is 0 Å². The summed E-state index contributed by atoms with van der Waals surface area (Å²) in [6.45, 7) is 5.59. The highest BCUT2D eigenvalue weighted by atomic mass is 16.5. The van der Waals surface area contributed by atoms with E-state index in [-0.39, 0.29) is 0 Å². The van der Waals surface area contributed by atoms with Crippen molar-refractivity contribution in [1.82, 2.24) is 10.6 Å². The average Bonchev–Trinajstić information content (AvgIpc) is 2.47. The summed E-state index contributed by atoms with van der Waals surface area (Å²) < 4.78 is 5.56. The van der Waals surface area contributed by atoms with Crippen LogP contribution in [0.4, 0.5) is 4.79 Å². The van der Waals surface area contributed by atoms with E-state index in [1.54, 1.807) is 38.1 Å². The van der Waals surface area contributed by atoms with Gasteiger partial charge in [-0.1, -0.05) is 25.1 Å². The molecule has 2 atom stereocenters. The Kier molecular flexibility index (Phi) is 6.68. The molecule has 0 heterocycles. The lowest BCUT2D eigenvalue weighted by Crippen LogP contribution is -2.45. The Morgan fingerprint density at radius 3 is 2.57 bits per heavy atom. The fourth-order valence-corrected chi connectivity index (χ4v) is 1.75. The van der Waals surface area contributed by atoms with Crippen molar-refractivity contribution in [3.8, 4) is 5.75 Å². The summed E-state index contributed by atoms with van der Waals surface area (Å²) in [6, 6.07) is 6.43. The van der Waals surface area contributed by atoms with Crippen molar-refractivity contribution in [3.05, 3.63) is 29.8 Å². The Morgan fingerprint density at radius 1 is 1.29 bits per heavy atom. The summed E-state index contributed by atoms with van der Waals surface area (Å²) in [4.78, 5) is 23.1. The first-order valence-electron chi connectivity index (χ1n) is 7.01. The predicted molar refractivity (Wildman–Crippen MR) is 79.0 cm³/mol. The van der Waals surface area contributed by atoms with Gasteiger partial charge in [0, 0.05) is 12.1 Å². The van der Waals surface area contributed by atoms with Gasteiger partial charge in [-0.15, -0.1) is 0 Å². The van der Waals surface area contributed by atoms with E-state index in [1.165, 1.54) is 0 Å². The highest BCUT2D eigenvalue weighted by Crippen LogP contribution is 2.27. The molecule has 0 saturated heterocycles. The van der Waals surface area contributed by atoms with E-state index in [4.69, 9.17) is 4.74 Å². The maximum Gasteiger partial charge on any atom is 0.321 e. The second-order valence-electron chi connectivity index (χ2n) is 4.57. The molecule has 0 spiro atoms. The largest absolute Gasteiger partial charge is 0.481 e. The number of rotatable bonds is 6. The van der Waals surface area contributed by atoms with Gasteiger partial charge in [0.25, 0.3) is 5.91 Å². The van der Waals surface area contributed by atoms with Gasteiger partial charge in [-0.25, -0.2) is 4.79 Å². The number of ether oxygens (including phenoxy) is 1. The Labute approximate surface area is 124 Å². The van der Waals surface area contributed by atoms with Crippen molar-refractivity contribution in [1.29, 1.82) is 0 Å². The quantitative estimate of drug-likeness (QED) is 0.746. The molecule has 0 aliphatic heterocycles. The number of imide groups is 1. The fraction of sp³-hybridized carbons (Fsp3) is 0.467. The summed E-state index contributed by atoms with van der Waals surface area (Å²) in [7, 11) is 0. The number of hydrogen-bond acceptors (Lipinski definition) is 4. The Balaban J connectivity index is 2.72. The Hall–Kier alpha value is -2.08. The van der Waals surface area contributed by atoms with E-state index in [0.717, 1.165) is 0 Å². The summed E-state index contributed by atoms with van der Waals surface area (Å²) in [5.41, 5.74) is 0.623. The van der Waals surface area contributed by atoms with Crippen molar-refractivity contribution in [2.24, 2.45) is 0 Å². The zero-order chi connectivity index (χ0) is 15.8. The molecule has 0 fully saturated rings. The maximum absolute atomic E-state index is 11.8. The molecule has 6 nitrogen and oxygen atoms in total. The number of urea groups is 1. The standard InChI is InChI=1S/C15H22N2O4/c1-4-12(18)11-8-6-7-9-13(11)21-10(3)14(19)17-15(20)16-5-2/h6-10,12,18H,4-5H2,1-3H3,(H2,16,17,19,20)/t10?,12-/m0/s1. The number of aliphatic hydroxyl groups is 1. The van der Waals surface area contributed by atoms with Crippen LogP contribution in [-0.2, 0) is 4.79 Å². The number of benzene rings is 1. The van der Waals surface area contributed by atoms with Gasteiger partial charge in [0.05, 0.1) is 6.10 Å². The fourth-order valence-electron chi connectivity index (χ4n) is 1.75. The van der Waals surface area contributed by atoms with E-state index in [9.17, 15) is 14.7 Å². The van der Waals surface area contributed by atoms with Crippen LogP contribution in [0.25, 0.3) is 0 Å². The molecule has 0 bridgehead atoms. The number of amides is 3. The molecule has 116 valence electrons. The van der Waals surface area contributed by atoms with Crippen LogP contribution >= 0.6 is 0 Å². The average molecular weight is 294 g/mol. The van der Waals surface area contributed by atoms with Gasteiger partial charge in [-0.2, -0.15) is 0 Å². The van der Waals surface area contributed by atoms with Gasteiger partial charge in [0.1, 0.15) is 5.75 Å². The van der Waals surface area contributed by atoms with E-state index in [2.05, 4.69) is 10.6 Å². The number of aliphatic hydroxyl groups excluding tert-OH is 1. The number of carbonyl (C=O) groups is 2. The van der Waals surface area contributed by atoms with Gasteiger partial charge < -0.3 is 15.2 Å². The second kappa shape index (κ2) is 8.26. The molecule has 3 N–H and O–H groups in total. The van der Waals surface area contributed by atoms with Crippen LogP contribution < -0.4 is 15.4 Å². The topological polar surface area (TPSA) is 87.7 Å². The molecule has 0 saturated carbocycles. The minimum atomic E-state index is -0.849. The smallest absolute Gasteiger partial charge is 0.321 e. The van der Waals surface area contributed by atoms with Gasteiger partial charge in [0.15, 0.2) is 6.10 Å². The van der Waals surface area contributed by atoms with Crippen LogP contribution in [-0.4, -0.2) is 29.7 Å². The third-order valence-electron chi connectivity index (χ3n) is 2.91. The molecule has 21 heavy (non-hydrogen) atoms. The lowest BCUT2D eigenvalue weighted by atomic mass is 10.1. The van der Waals surface area contributed by atoms with Crippen LogP contribution in [0.15, 0.2) is 24.3 Å². The predicted octanol–water partition coefficient (Wildman–Crippen LogP) is 1.74. The normalized spacial score (nSPS) is 13.1. The highest BCUT2D eigenvalue weighted by molar-refractivity contribution is 5.96. The lowest BCUT2D eigenvalue weighted by Gasteiger charge is -2.18. The van der Waals surface area contributed by atoms with Gasteiger partial charge in [0.2, 0.25) is 0 Å². The number of hydrogen-bond donors (Lipinski definition) is 3. The van der Waals surface area contributed by atoms with Crippen molar-refractivity contribution < 1.29 is 19.4 Å². The van der Waals surface area contributed by atoms with Crippen molar-refractivity contribution in [2.45, 2.75) is 39.4 Å². The molecule has 1 aromatic carbocycles. The second-order valence-corrected chi connectivity index (χ2v) is 4.57. The molecule has 6 heteroatoms. The minimum Gasteiger partial charge on any atom is -0.481 e. The highest BCUT2D eigenvalue weighted by Gasteiger charge is 2.19. The summed E-state index contributed by atoms with van der Waals surface area (Å²) in [6.07, 6.45) is -0.961. The van der Waals surface area contributed by atoms with Crippen LogP contribution in [0.2, 0.25) is 0 Å². The Bertz CT molecular complexity index is 490. The number of carbonyl (C=O) groups excluding carboxylic acids is 2. The molecule has 1 unspecified atom stereocenters. The van der Waals surface area contributed by atoms with Crippen LogP contribution in [0, 0.1) is 0 Å². The molecular formula is C15H22N2O4. The van der Waals surface area contributed by atoms with Gasteiger partial charge in [-0.05, 0) is 26.3 Å². The number of nitrogens with one attached hydrogen (secondary N) is 2. The SMILES string of the molecule is CCNC(=O)NC(=O)C(C)Oc1ccccc1[C@@H](O)CC. The molecule has 0 aliphatic carbocycles. The Morgan fingerprint density at radius 2 is 1.95 bits per heavy atom. The van der Waals surface area contributed by atoms with Gasteiger partial charge in [-0.3, -0.25) is 10.1 Å². The summed E-state index contributed by atoms with van der Waals surface area (Å²) >= 11 is 0. The first kappa shape index (κ1) is 17.0. The lowest BCUT2D eigenvalue weighted by molar-refractivity contribution is -0.126. The van der Waals surface area contributed by atoms with E-state index in [1.807, 2.05) is 6.92 Å². The molecule has 3 amide bonds. The van der Waals surface area contributed by atoms with Crippen molar-refractivity contribution >= 4 is 11.9 Å². The van der Waals surface area contributed by atoms with Crippen LogP contribution in [0.3, 0.4) is 0 Å². The minimum absolute atomic E-state index is 0.430. The zero-order valence-electron chi connectivity index (χ0n) is 12.6. The third-order valence-corrected chi connectivity index (χ3v) is 2.91. The molecule has 0 aromatic heterocycles. The van der Waals surface area contributed by atoms with Crippen LogP contribution in [0.1, 0.15) is 38.9 Å². The molecule has 1 aromatic rings. The molecule has 1 rings (SSSR count). The first-order valence-corrected chi connectivity index (χ1v) is 7.01. The van der Waals surface area contributed by atoms with Gasteiger partial charge >= 0.3 is 6.03 Å². The summed E-state index contributed by atoms with van der Waals surface area (Å²) in [5.74, 6) is -0.104. The molecule has 0 aliphatic rings.